The Bertz CT molecular complexity index is 247. The molecule has 0 aliphatic rings. The van der Waals surface area contributed by atoms with Crippen LogP contribution in [0.5, 0.6) is 0 Å². The van der Waals surface area contributed by atoms with E-state index in [1.54, 1.807) is 0 Å². The number of rotatable bonds is 11. The fraction of sp³-hybridized carbons (Fsp3) is 1.00. The average Bonchev–Trinajstić information content (AvgIpc) is 2.28. The molecule has 2 unspecified atom stereocenters. The highest BCUT2D eigenvalue weighted by molar-refractivity contribution is 8.67. The summed E-state index contributed by atoms with van der Waals surface area (Å²) < 4.78 is 5.61. The summed E-state index contributed by atoms with van der Waals surface area (Å²) in [7, 11) is 0. The maximum absolute atomic E-state index is 10.1. The number of unbranched alkanes of at least 4 members (excludes halogenated alkanes) is 1. The molecule has 2 atom stereocenters. The van der Waals surface area contributed by atoms with E-state index < -0.39 is 5.69 Å². The Morgan fingerprint density at radius 3 is 2.44 bits per heavy atom. The van der Waals surface area contributed by atoms with Gasteiger partial charge in [0.1, 0.15) is 0 Å². The minimum Gasteiger partial charge on any atom is -0.337 e. The van der Waals surface area contributed by atoms with Crippen molar-refractivity contribution in [2.45, 2.75) is 59.8 Å². The van der Waals surface area contributed by atoms with Crippen molar-refractivity contribution in [3.05, 3.63) is 0 Å². The van der Waals surface area contributed by atoms with Crippen LogP contribution in [0, 0.1) is 11.8 Å². The third-order valence-corrected chi connectivity index (χ3v) is 7.29. The highest BCUT2D eigenvalue weighted by atomic mass is 32.9. The van der Waals surface area contributed by atoms with E-state index >= 15 is 0 Å². The molecule has 0 aliphatic carbocycles. The van der Waals surface area contributed by atoms with Crippen LogP contribution in [0.1, 0.15) is 59.8 Å². The summed E-state index contributed by atoms with van der Waals surface area (Å²) in [5.41, 5.74) is -2.60. The molecule has 0 radical (unpaired) electrons. The molecule has 0 aromatic heterocycles. The van der Waals surface area contributed by atoms with E-state index in [4.69, 9.17) is 16.3 Å². The van der Waals surface area contributed by atoms with Crippen molar-refractivity contribution in [2.24, 2.45) is 11.8 Å². The van der Waals surface area contributed by atoms with Crippen LogP contribution in [-0.2, 0) is 16.3 Å². The van der Waals surface area contributed by atoms with Gasteiger partial charge < -0.3 is 9.42 Å². The van der Waals surface area contributed by atoms with Gasteiger partial charge in [0.25, 0.3) is 0 Å². The quantitative estimate of drug-likeness (QED) is 0.530. The molecule has 0 saturated heterocycles. The third-order valence-electron chi connectivity index (χ3n) is 2.97. The second-order valence-electron chi connectivity index (χ2n) is 5.20. The summed E-state index contributed by atoms with van der Waals surface area (Å²) in [5, 5.41) is 0. The smallest absolute Gasteiger partial charge is 0.244 e. The van der Waals surface area contributed by atoms with Crippen molar-refractivity contribution in [3.8, 4) is 0 Å². The summed E-state index contributed by atoms with van der Waals surface area (Å²) in [4.78, 5) is 10.1. The van der Waals surface area contributed by atoms with Crippen LogP contribution in [-0.4, -0.2) is 17.3 Å². The van der Waals surface area contributed by atoms with Crippen LogP contribution in [0.2, 0.25) is 0 Å². The Morgan fingerprint density at radius 1 is 1.28 bits per heavy atom. The predicted molar refractivity (Wildman–Crippen MR) is 87.7 cm³/mol. The minimum atomic E-state index is -2.60. The second-order valence-corrected chi connectivity index (χ2v) is 11.5. The first-order chi connectivity index (χ1) is 8.41. The van der Waals surface area contributed by atoms with E-state index in [-0.39, 0.29) is 0 Å². The predicted octanol–water partition coefficient (Wildman–Crippen LogP) is 5.22. The first-order valence-electron chi connectivity index (χ1n) is 7.03. The molecule has 18 heavy (non-hydrogen) atoms. The van der Waals surface area contributed by atoms with E-state index in [1.165, 1.54) is 30.6 Å². The van der Waals surface area contributed by atoms with E-state index in [9.17, 15) is 4.89 Å². The number of hydrogen-bond acceptors (Lipinski definition) is 3. The molecular weight excluding hydrogens is 283 g/mol. The van der Waals surface area contributed by atoms with Gasteiger partial charge in [0.2, 0.25) is 5.69 Å². The molecule has 0 spiro atoms. The molecule has 0 heterocycles. The Kier molecular flexibility index (Phi) is 11.2. The van der Waals surface area contributed by atoms with Gasteiger partial charge in [-0.3, -0.25) is 0 Å². The fourth-order valence-electron chi connectivity index (χ4n) is 1.54. The zero-order chi connectivity index (χ0) is 14.0. The van der Waals surface area contributed by atoms with Crippen LogP contribution in [0.3, 0.4) is 0 Å². The molecule has 0 bridgehead atoms. The summed E-state index contributed by atoms with van der Waals surface area (Å²) >= 11 is 6.62. The maximum atomic E-state index is 10.1. The lowest BCUT2D eigenvalue weighted by Gasteiger charge is -2.20. The van der Waals surface area contributed by atoms with Gasteiger partial charge >= 0.3 is 0 Å². The molecule has 0 aromatic carbocycles. The zero-order valence-electron chi connectivity index (χ0n) is 12.2. The van der Waals surface area contributed by atoms with Crippen molar-refractivity contribution in [2.75, 3.05) is 12.4 Å². The van der Waals surface area contributed by atoms with Gasteiger partial charge in [-0.15, -0.1) is 0 Å². The van der Waals surface area contributed by atoms with E-state index in [1.807, 2.05) is 0 Å². The van der Waals surface area contributed by atoms with Crippen LogP contribution < -0.4 is 0 Å². The summed E-state index contributed by atoms with van der Waals surface area (Å²) in [6, 6.07) is 0. The van der Waals surface area contributed by atoms with Crippen LogP contribution >= 0.6 is 17.1 Å². The highest BCUT2D eigenvalue weighted by Gasteiger charge is 2.17. The van der Waals surface area contributed by atoms with E-state index in [0.29, 0.717) is 18.4 Å². The average molecular weight is 312 g/mol. The Balaban J connectivity index is 3.88. The first kappa shape index (κ1) is 18.9. The van der Waals surface area contributed by atoms with Crippen molar-refractivity contribution < 1.29 is 9.42 Å². The van der Waals surface area contributed by atoms with Gasteiger partial charge in [-0.25, -0.2) is 0 Å². The van der Waals surface area contributed by atoms with Gasteiger partial charge in [0.15, 0.2) is 0 Å². The topological polar surface area (TPSA) is 29.5 Å². The lowest BCUT2D eigenvalue weighted by Crippen LogP contribution is -2.07. The fourth-order valence-corrected chi connectivity index (χ4v) is 5.09. The van der Waals surface area contributed by atoms with Crippen LogP contribution in [0.25, 0.3) is 0 Å². The van der Waals surface area contributed by atoms with Gasteiger partial charge in [-0.05, 0) is 36.5 Å². The molecule has 0 fully saturated rings. The van der Waals surface area contributed by atoms with Gasteiger partial charge in [0, 0.05) is 5.75 Å². The molecule has 0 rings (SSSR count). The SMILES string of the molecule is CCCCC(CC)COP(O)(=S)SCCC(C)C. The molecule has 5 heteroatoms. The van der Waals surface area contributed by atoms with Crippen LogP contribution in [0.15, 0.2) is 0 Å². The summed E-state index contributed by atoms with van der Waals surface area (Å²) in [5.74, 6) is 2.10. The Labute approximate surface area is 122 Å². The lowest BCUT2D eigenvalue weighted by molar-refractivity contribution is 0.238. The Morgan fingerprint density at radius 2 is 1.94 bits per heavy atom. The van der Waals surface area contributed by atoms with Gasteiger partial charge in [-0.1, -0.05) is 58.3 Å². The minimum absolute atomic E-state index is 0.546. The van der Waals surface area contributed by atoms with E-state index in [2.05, 4.69) is 27.7 Å². The second kappa shape index (κ2) is 10.7. The molecular formula is C13H29O2PS2. The van der Waals surface area contributed by atoms with E-state index in [0.717, 1.165) is 18.6 Å². The van der Waals surface area contributed by atoms with Crippen molar-refractivity contribution in [1.82, 2.24) is 0 Å². The lowest BCUT2D eigenvalue weighted by atomic mass is 10.0. The highest BCUT2D eigenvalue weighted by Crippen LogP contribution is 2.56. The van der Waals surface area contributed by atoms with Crippen molar-refractivity contribution in [1.29, 1.82) is 0 Å². The van der Waals surface area contributed by atoms with Gasteiger partial charge in [-0.2, -0.15) is 0 Å². The van der Waals surface area contributed by atoms with Crippen molar-refractivity contribution >= 4 is 28.9 Å². The number of hydrogen-bond donors (Lipinski definition) is 1. The van der Waals surface area contributed by atoms with Gasteiger partial charge in [0.05, 0.1) is 6.61 Å². The van der Waals surface area contributed by atoms with Crippen LogP contribution in [0.4, 0.5) is 0 Å². The maximum Gasteiger partial charge on any atom is 0.244 e. The normalized spacial score (nSPS) is 16.8. The molecule has 0 aromatic rings. The molecule has 0 saturated carbocycles. The summed E-state index contributed by atoms with van der Waals surface area (Å²) in [6.07, 6.45) is 5.81. The molecule has 0 amide bonds. The monoisotopic (exact) mass is 312 g/mol. The third kappa shape index (κ3) is 10.8. The standard InChI is InChI=1S/C13H29O2PS2/c1-5-7-8-13(6-2)11-15-16(14,17)18-10-9-12(3)4/h12-13H,5-11H2,1-4H3,(H,14,17). The largest absolute Gasteiger partial charge is 0.337 e. The first-order valence-corrected chi connectivity index (χ1v) is 11.3. The molecule has 110 valence electrons. The zero-order valence-corrected chi connectivity index (χ0v) is 14.8. The molecule has 0 aliphatic heterocycles. The summed E-state index contributed by atoms with van der Waals surface area (Å²) in [6.45, 7) is 9.36. The molecule has 1 N–H and O–H groups in total. The molecule has 2 nitrogen and oxygen atoms in total. The Hall–Kier alpha value is 0.920. The van der Waals surface area contributed by atoms with Crippen molar-refractivity contribution in [3.63, 3.8) is 0 Å².